The van der Waals surface area contributed by atoms with Gasteiger partial charge in [-0.25, -0.2) is 0 Å². The van der Waals surface area contributed by atoms with Crippen LogP contribution in [-0.4, -0.2) is 39.6 Å². The van der Waals surface area contributed by atoms with E-state index in [9.17, 15) is 9.59 Å². The highest BCUT2D eigenvalue weighted by molar-refractivity contribution is 5.87. The second-order valence-corrected chi connectivity index (χ2v) is 6.19. The average molecular weight is 340 g/mol. The number of hydrogen-bond acceptors (Lipinski definition) is 5. The number of ketones is 1. The molecule has 0 aliphatic carbocycles. The van der Waals surface area contributed by atoms with Crippen LogP contribution in [0.2, 0.25) is 0 Å². The molecule has 0 bridgehead atoms. The van der Waals surface area contributed by atoms with Gasteiger partial charge >= 0.3 is 0 Å². The van der Waals surface area contributed by atoms with Crippen molar-refractivity contribution in [1.82, 2.24) is 20.2 Å². The lowest BCUT2D eigenvalue weighted by molar-refractivity contribution is -0.136. The zero-order valence-electron chi connectivity index (χ0n) is 14.7. The van der Waals surface area contributed by atoms with E-state index < -0.39 is 0 Å². The maximum absolute atomic E-state index is 12.6. The molecule has 0 fully saturated rings. The van der Waals surface area contributed by atoms with Crippen LogP contribution in [0.4, 0.5) is 0 Å². The summed E-state index contributed by atoms with van der Waals surface area (Å²) < 4.78 is 0. The Labute approximate surface area is 148 Å². The molecular formula is C19H24N4O2. The number of nitrogens with one attached hydrogen (secondary N) is 1. The van der Waals surface area contributed by atoms with Crippen LogP contribution in [0.25, 0.3) is 0 Å². The van der Waals surface area contributed by atoms with E-state index in [-0.39, 0.29) is 30.7 Å². The third-order valence-corrected chi connectivity index (χ3v) is 3.82. The van der Waals surface area contributed by atoms with Crippen molar-refractivity contribution in [2.75, 3.05) is 13.1 Å². The number of carbonyl (C=O) groups is 2. The molecule has 0 aliphatic heterocycles. The van der Waals surface area contributed by atoms with Gasteiger partial charge in [-0.3, -0.25) is 19.6 Å². The second-order valence-electron chi connectivity index (χ2n) is 6.19. The van der Waals surface area contributed by atoms with E-state index in [0.29, 0.717) is 13.1 Å². The SMILES string of the molecule is CC(C)C(=O)CN(Cc1ccncc1)C(=O)CNCc1ccncc1. The molecule has 2 aromatic heterocycles. The van der Waals surface area contributed by atoms with Gasteiger partial charge in [-0.15, -0.1) is 0 Å². The highest BCUT2D eigenvalue weighted by Crippen LogP contribution is 2.06. The lowest BCUT2D eigenvalue weighted by Crippen LogP contribution is -2.41. The first-order valence-electron chi connectivity index (χ1n) is 8.35. The van der Waals surface area contributed by atoms with Crippen molar-refractivity contribution in [3.8, 4) is 0 Å². The maximum Gasteiger partial charge on any atom is 0.237 e. The van der Waals surface area contributed by atoms with E-state index in [0.717, 1.165) is 11.1 Å². The van der Waals surface area contributed by atoms with Gasteiger partial charge in [-0.1, -0.05) is 13.8 Å². The van der Waals surface area contributed by atoms with Crippen LogP contribution in [-0.2, 0) is 22.7 Å². The zero-order valence-corrected chi connectivity index (χ0v) is 14.7. The molecule has 2 rings (SSSR count). The summed E-state index contributed by atoms with van der Waals surface area (Å²) in [4.78, 5) is 34.2. The lowest BCUT2D eigenvalue weighted by atomic mass is 10.1. The fourth-order valence-electron chi connectivity index (χ4n) is 2.24. The fourth-order valence-corrected chi connectivity index (χ4v) is 2.24. The molecule has 1 amide bonds. The highest BCUT2D eigenvalue weighted by Gasteiger charge is 2.19. The second kappa shape index (κ2) is 9.64. The first-order valence-corrected chi connectivity index (χ1v) is 8.35. The van der Waals surface area contributed by atoms with Gasteiger partial charge in [0.15, 0.2) is 5.78 Å². The number of amides is 1. The highest BCUT2D eigenvalue weighted by atomic mass is 16.2. The molecule has 0 radical (unpaired) electrons. The number of aromatic nitrogens is 2. The summed E-state index contributed by atoms with van der Waals surface area (Å²) in [5.74, 6) is -0.145. The monoisotopic (exact) mass is 340 g/mol. The Kier molecular flexibility index (Phi) is 7.22. The van der Waals surface area contributed by atoms with Crippen molar-refractivity contribution in [2.24, 2.45) is 5.92 Å². The summed E-state index contributed by atoms with van der Waals surface area (Å²) in [6.45, 7) is 4.97. The fraction of sp³-hybridized carbons (Fsp3) is 0.368. The summed E-state index contributed by atoms with van der Waals surface area (Å²) in [6, 6.07) is 7.50. The molecule has 25 heavy (non-hydrogen) atoms. The number of hydrogen-bond donors (Lipinski definition) is 1. The minimum atomic E-state index is -0.0995. The molecule has 6 nitrogen and oxygen atoms in total. The predicted molar refractivity (Wildman–Crippen MR) is 95.4 cm³/mol. The van der Waals surface area contributed by atoms with Crippen LogP contribution in [0.1, 0.15) is 25.0 Å². The van der Waals surface area contributed by atoms with Crippen LogP contribution < -0.4 is 5.32 Å². The molecule has 0 aromatic carbocycles. The summed E-state index contributed by atoms with van der Waals surface area (Å²) >= 11 is 0. The van der Waals surface area contributed by atoms with E-state index in [1.165, 1.54) is 0 Å². The van der Waals surface area contributed by atoms with Crippen molar-refractivity contribution in [1.29, 1.82) is 0 Å². The number of nitrogens with zero attached hydrogens (tertiary/aromatic N) is 3. The van der Waals surface area contributed by atoms with E-state index in [1.54, 1.807) is 29.7 Å². The number of Topliss-reactive ketones (excluding diaryl/α,β-unsaturated/α-hetero) is 1. The molecular weight excluding hydrogens is 316 g/mol. The van der Waals surface area contributed by atoms with E-state index in [2.05, 4.69) is 15.3 Å². The van der Waals surface area contributed by atoms with E-state index in [1.807, 2.05) is 38.1 Å². The third kappa shape index (κ3) is 6.43. The molecule has 2 heterocycles. The predicted octanol–water partition coefficient (Wildman–Crippen LogP) is 1.82. The van der Waals surface area contributed by atoms with Gasteiger partial charge in [0.2, 0.25) is 5.91 Å². The van der Waals surface area contributed by atoms with E-state index >= 15 is 0 Å². The molecule has 6 heteroatoms. The molecule has 0 saturated carbocycles. The quantitative estimate of drug-likeness (QED) is 0.754. The number of rotatable bonds is 9. The maximum atomic E-state index is 12.6. The largest absolute Gasteiger partial charge is 0.330 e. The van der Waals surface area contributed by atoms with Crippen LogP contribution in [0.5, 0.6) is 0 Å². The Morgan fingerprint density at radius 2 is 1.56 bits per heavy atom. The summed E-state index contributed by atoms with van der Waals surface area (Å²) in [5, 5.41) is 3.13. The van der Waals surface area contributed by atoms with Gasteiger partial charge in [0.25, 0.3) is 0 Å². The van der Waals surface area contributed by atoms with Gasteiger partial charge in [-0.2, -0.15) is 0 Å². The topological polar surface area (TPSA) is 75.2 Å². The summed E-state index contributed by atoms with van der Waals surface area (Å²) in [5.41, 5.74) is 2.01. The first kappa shape index (κ1) is 18.7. The van der Waals surface area contributed by atoms with Crippen molar-refractivity contribution in [3.63, 3.8) is 0 Å². The summed E-state index contributed by atoms with van der Waals surface area (Å²) in [7, 11) is 0. The normalized spacial score (nSPS) is 10.7. The van der Waals surface area contributed by atoms with Crippen molar-refractivity contribution < 1.29 is 9.59 Å². The number of pyridine rings is 2. The Balaban J connectivity index is 1.95. The van der Waals surface area contributed by atoms with Crippen LogP contribution in [0.15, 0.2) is 49.1 Å². The molecule has 0 aliphatic rings. The zero-order chi connectivity index (χ0) is 18.1. The lowest BCUT2D eigenvalue weighted by Gasteiger charge is -2.23. The van der Waals surface area contributed by atoms with Crippen LogP contribution in [0, 0.1) is 5.92 Å². The standard InChI is InChI=1S/C19H24N4O2/c1-15(2)18(24)14-23(13-17-5-9-21-10-6-17)19(25)12-22-11-16-3-7-20-8-4-16/h3-10,15,22H,11-14H2,1-2H3. The van der Waals surface area contributed by atoms with Crippen molar-refractivity contribution in [2.45, 2.75) is 26.9 Å². The Morgan fingerprint density at radius 3 is 2.12 bits per heavy atom. The number of carbonyl (C=O) groups excluding carboxylic acids is 2. The average Bonchev–Trinajstić information content (AvgIpc) is 2.62. The van der Waals surface area contributed by atoms with Gasteiger partial charge in [-0.05, 0) is 35.4 Å². The minimum Gasteiger partial charge on any atom is -0.330 e. The Bertz CT molecular complexity index is 674. The molecule has 2 aromatic rings. The van der Waals surface area contributed by atoms with Gasteiger partial charge in [0.1, 0.15) is 0 Å². The van der Waals surface area contributed by atoms with Gasteiger partial charge in [0, 0.05) is 43.8 Å². The Hall–Kier alpha value is -2.60. The first-order chi connectivity index (χ1) is 12.1. The molecule has 0 atom stereocenters. The smallest absolute Gasteiger partial charge is 0.237 e. The molecule has 0 saturated heterocycles. The van der Waals surface area contributed by atoms with E-state index in [4.69, 9.17) is 0 Å². The van der Waals surface area contributed by atoms with Crippen molar-refractivity contribution >= 4 is 11.7 Å². The molecule has 0 unspecified atom stereocenters. The minimum absolute atomic E-state index is 0.0524. The molecule has 132 valence electrons. The van der Waals surface area contributed by atoms with Gasteiger partial charge < -0.3 is 10.2 Å². The van der Waals surface area contributed by atoms with Crippen LogP contribution >= 0.6 is 0 Å². The van der Waals surface area contributed by atoms with Crippen LogP contribution in [0.3, 0.4) is 0 Å². The van der Waals surface area contributed by atoms with Crippen molar-refractivity contribution in [3.05, 3.63) is 60.2 Å². The summed E-state index contributed by atoms with van der Waals surface area (Å²) in [6.07, 6.45) is 6.81. The molecule has 1 N–H and O–H groups in total. The molecule has 0 spiro atoms. The van der Waals surface area contributed by atoms with Gasteiger partial charge in [0.05, 0.1) is 13.1 Å². The Morgan fingerprint density at radius 1 is 1.00 bits per heavy atom. The third-order valence-electron chi connectivity index (χ3n) is 3.82.